The van der Waals surface area contributed by atoms with Gasteiger partial charge in [0, 0.05) is 12.3 Å². The van der Waals surface area contributed by atoms with Crippen molar-refractivity contribution in [2.45, 2.75) is 26.2 Å². The number of esters is 1. The summed E-state index contributed by atoms with van der Waals surface area (Å²) in [5.41, 5.74) is 1.05. The van der Waals surface area contributed by atoms with Crippen LogP contribution in [0.5, 0.6) is 11.5 Å². The fourth-order valence-electron chi connectivity index (χ4n) is 2.57. The van der Waals surface area contributed by atoms with Crippen molar-refractivity contribution in [2.24, 2.45) is 0 Å². The van der Waals surface area contributed by atoms with Crippen molar-refractivity contribution >= 4 is 23.6 Å². The number of nitriles is 1. The van der Waals surface area contributed by atoms with Crippen molar-refractivity contribution in [3.63, 3.8) is 0 Å². The molecule has 0 fully saturated rings. The molecule has 1 aliphatic heterocycles. The number of phenolic OH excluding ortho intramolecular Hbond substituents is 1. The van der Waals surface area contributed by atoms with Crippen molar-refractivity contribution in [1.29, 1.82) is 5.26 Å². The standard InChI is InChI=1S/C18H20N2O5S/c1-3-24-15-7-11(5-6-14(15)21)12-8-16(22)20-18(13(12)9-19)26-10-17(23)25-4-2/h5-7,12,21H,3-4,8,10H2,1-2H3,(H,20,22)/t12-/m0/s1. The molecule has 0 unspecified atom stereocenters. The number of carbonyl (C=O) groups is 2. The molecular formula is C18H20N2O5S. The maximum atomic E-state index is 12.1. The zero-order valence-electron chi connectivity index (χ0n) is 14.6. The van der Waals surface area contributed by atoms with Gasteiger partial charge in [0.05, 0.1) is 35.6 Å². The molecule has 0 spiro atoms. The average molecular weight is 376 g/mol. The van der Waals surface area contributed by atoms with Crippen molar-refractivity contribution in [2.75, 3.05) is 19.0 Å². The van der Waals surface area contributed by atoms with E-state index in [-0.39, 0.29) is 30.4 Å². The Kier molecular flexibility index (Phi) is 6.92. The van der Waals surface area contributed by atoms with Crippen LogP contribution < -0.4 is 10.1 Å². The van der Waals surface area contributed by atoms with E-state index in [9.17, 15) is 20.0 Å². The van der Waals surface area contributed by atoms with E-state index in [1.165, 1.54) is 6.07 Å². The number of nitrogens with zero attached hydrogens (tertiary/aromatic N) is 1. The Hall–Kier alpha value is -2.66. The highest BCUT2D eigenvalue weighted by molar-refractivity contribution is 8.03. The molecule has 138 valence electrons. The fraction of sp³-hybridized carbons (Fsp3) is 0.389. The van der Waals surface area contributed by atoms with E-state index in [4.69, 9.17) is 9.47 Å². The van der Waals surface area contributed by atoms with Crippen molar-refractivity contribution in [3.8, 4) is 17.6 Å². The zero-order chi connectivity index (χ0) is 19.1. The topological polar surface area (TPSA) is 109 Å². The van der Waals surface area contributed by atoms with E-state index in [0.29, 0.717) is 28.5 Å². The van der Waals surface area contributed by atoms with Gasteiger partial charge in [0.25, 0.3) is 0 Å². The number of phenols is 1. The van der Waals surface area contributed by atoms with E-state index in [1.807, 2.05) is 0 Å². The number of hydrogen-bond acceptors (Lipinski definition) is 7. The Morgan fingerprint density at radius 3 is 2.85 bits per heavy atom. The summed E-state index contributed by atoms with van der Waals surface area (Å²) >= 11 is 1.07. The number of hydrogen-bond donors (Lipinski definition) is 2. The highest BCUT2D eigenvalue weighted by Gasteiger charge is 2.30. The molecule has 2 rings (SSSR count). The molecule has 0 bridgehead atoms. The summed E-state index contributed by atoms with van der Waals surface area (Å²) in [7, 11) is 0. The third-order valence-corrected chi connectivity index (χ3v) is 4.67. The van der Waals surface area contributed by atoms with Crippen LogP contribution in [0.15, 0.2) is 28.8 Å². The fourth-order valence-corrected chi connectivity index (χ4v) is 3.44. The molecule has 1 amide bonds. The predicted octanol–water partition coefficient (Wildman–Crippen LogP) is 2.43. The minimum absolute atomic E-state index is 0.00112. The smallest absolute Gasteiger partial charge is 0.316 e. The number of nitrogens with one attached hydrogen (secondary N) is 1. The Morgan fingerprint density at radius 2 is 2.19 bits per heavy atom. The quantitative estimate of drug-likeness (QED) is 0.704. The van der Waals surface area contributed by atoms with Crippen LogP contribution >= 0.6 is 11.8 Å². The van der Waals surface area contributed by atoms with Crippen molar-refractivity contribution < 1.29 is 24.2 Å². The van der Waals surface area contributed by atoms with E-state index in [0.717, 1.165) is 11.8 Å². The van der Waals surface area contributed by atoms with Gasteiger partial charge < -0.3 is 19.9 Å². The third kappa shape index (κ3) is 4.70. The van der Waals surface area contributed by atoms with Crippen LogP contribution in [-0.2, 0) is 14.3 Å². The normalized spacial score (nSPS) is 16.7. The molecule has 1 aliphatic rings. The molecule has 0 saturated carbocycles. The summed E-state index contributed by atoms with van der Waals surface area (Å²) in [6.07, 6.45) is 0.0999. The molecule has 8 heteroatoms. The number of rotatable bonds is 7. The van der Waals surface area contributed by atoms with Gasteiger partial charge in [0.15, 0.2) is 11.5 Å². The molecule has 1 aromatic carbocycles. The molecule has 7 nitrogen and oxygen atoms in total. The van der Waals surface area contributed by atoms with E-state index in [1.54, 1.807) is 26.0 Å². The summed E-state index contributed by atoms with van der Waals surface area (Å²) in [6, 6.07) is 6.90. The van der Waals surface area contributed by atoms with Crippen LogP contribution in [0.2, 0.25) is 0 Å². The number of ether oxygens (including phenoxy) is 2. The molecule has 26 heavy (non-hydrogen) atoms. The Labute approximate surface area is 156 Å². The number of aromatic hydroxyl groups is 1. The first-order valence-corrected chi connectivity index (χ1v) is 9.16. The minimum Gasteiger partial charge on any atom is -0.504 e. The van der Waals surface area contributed by atoms with E-state index >= 15 is 0 Å². The highest BCUT2D eigenvalue weighted by atomic mass is 32.2. The molecule has 0 aliphatic carbocycles. The summed E-state index contributed by atoms with van der Waals surface area (Å²) in [4.78, 5) is 23.7. The molecular weight excluding hydrogens is 356 g/mol. The van der Waals surface area contributed by atoms with Gasteiger partial charge in [-0.25, -0.2) is 0 Å². The number of thioether (sulfide) groups is 1. The van der Waals surface area contributed by atoms with E-state index < -0.39 is 11.9 Å². The first-order chi connectivity index (χ1) is 12.5. The zero-order valence-corrected chi connectivity index (χ0v) is 15.4. The summed E-state index contributed by atoms with van der Waals surface area (Å²) < 4.78 is 10.3. The highest BCUT2D eigenvalue weighted by Crippen LogP contribution is 2.39. The first-order valence-electron chi connectivity index (χ1n) is 8.18. The molecule has 0 saturated heterocycles. The van der Waals surface area contributed by atoms with Crippen molar-refractivity contribution in [3.05, 3.63) is 34.4 Å². The lowest BCUT2D eigenvalue weighted by Crippen LogP contribution is -2.31. The molecule has 1 atom stereocenters. The summed E-state index contributed by atoms with van der Waals surface area (Å²) in [5, 5.41) is 22.5. The largest absolute Gasteiger partial charge is 0.504 e. The second kappa shape index (κ2) is 9.15. The molecule has 0 aromatic heterocycles. The van der Waals surface area contributed by atoms with Gasteiger partial charge in [-0.2, -0.15) is 5.26 Å². The number of carbonyl (C=O) groups excluding carboxylic acids is 2. The Bertz CT molecular complexity index is 769. The van der Waals surface area contributed by atoms with Gasteiger partial charge in [-0.05, 0) is 31.5 Å². The van der Waals surface area contributed by atoms with Crippen LogP contribution in [0.25, 0.3) is 0 Å². The molecule has 1 heterocycles. The maximum Gasteiger partial charge on any atom is 0.316 e. The third-order valence-electron chi connectivity index (χ3n) is 3.68. The van der Waals surface area contributed by atoms with E-state index in [2.05, 4.69) is 11.4 Å². The summed E-state index contributed by atoms with van der Waals surface area (Å²) in [6.45, 7) is 4.16. The summed E-state index contributed by atoms with van der Waals surface area (Å²) in [5.74, 6) is -0.836. The maximum absolute atomic E-state index is 12.1. The number of amides is 1. The van der Waals surface area contributed by atoms with Crippen LogP contribution in [0.1, 0.15) is 31.7 Å². The van der Waals surface area contributed by atoms with Gasteiger partial charge in [0.2, 0.25) is 5.91 Å². The second-order valence-electron chi connectivity index (χ2n) is 5.41. The lowest BCUT2D eigenvalue weighted by atomic mass is 9.87. The first kappa shape index (κ1) is 19.7. The number of benzene rings is 1. The number of allylic oxidation sites excluding steroid dienone is 1. The van der Waals surface area contributed by atoms with Gasteiger partial charge in [0.1, 0.15) is 0 Å². The average Bonchev–Trinajstić information content (AvgIpc) is 2.61. The van der Waals surface area contributed by atoms with Crippen LogP contribution in [0.3, 0.4) is 0 Å². The molecule has 0 radical (unpaired) electrons. The van der Waals surface area contributed by atoms with Gasteiger partial charge >= 0.3 is 5.97 Å². The van der Waals surface area contributed by atoms with Crippen molar-refractivity contribution in [1.82, 2.24) is 5.32 Å². The molecule has 1 aromatic rings. The van der Waals surface area contributed by atoms with Crippen LogP contribution in [0.4, 0.5) is 0 Å². The second-order valence-corrected chi connectivity index (χ2v) is 6.40. The lowest BCUT2D eigenvalue weighted by molar-refractivity contribution is -0.139. The predicted molar refractivity (Wildman–Crippen MR) is 96.5 cm³/mol. The molecule has 2 N–H and O–H groups in total. The van der Waals surface area contributed by atoms with Crippen LogP contribution in [0, 0.1) is 11.3 Å². The SMILES string of the molecule is CCOC(=O)CSC1=C(C#N)[C@H](c2ccc(O)c(OCC)c2)CC(=O)N1. The Morgan fingerprint density at radius 1 is 1.42 bits per heavy atom. The lowest BCUT2D eigenvalue weighted by Gasteiger charge is -2.25. The minimum atomic E-state index is -0.474. The van der Waals surface area contributed by atoms with Crippen LogP contribution in [-0.4, -0.2) is 35.9 Å². The van der Waals surface area contributed by atoms with Gasteiger partial charge in [-0.1, -0.05) is 17.8 Å². The van der Waals surface area contributed by atoms with Gasteiger partial charge in [-0.3, -0.25) is 9.59 Å². The monoisotopic (exact) mass is 376 g/mol. The van der Waals surface area contributed by atoms with Gasteiger partial charge in [-0.15, -0.1) is 0 Å². The Balaban J connectivity index is 2.33.